The molecule has 23 heavy (non-hydrogen) atoms. The highest BCUT2D eigenvalue weighted by Crippen LogP contribution is 2.33. The van der Waals surface area contributed by atoms with Crippen LogP contribution in [0.5, 0.6) is 0 Å². The van der Waals surface area contributed by atoms with E-state index in [0.29, 0.717) is 13.0 Å². The minimum Gasteiger partial charge on any atom is -0.364 e. The maximum absolute atomic E-state index is 11.7. The van der Waals surface area contributed by atoms with Crippen molar-refractivity contribution in [3.05, 3.63) is 36.7 Å². The maximum Gasteiger partial charge on any atom is 0.224 e. The molecule has 0 radical (unpaired) electrons. The highest BCUT2D eigenvalue weighted by Gasteiger charge is 2.27. The topological polar surface area (TPSA) is 71.0 Å². The summed E-state index contributed by atoms with van der Waals surface area (Å²) in [5, 5.41) is 3.37. The van der Waals surface area contributed by atoms with E-state index in [9.17, 15) is 4.79 Å². The molecule has 1 N–H and O–H groups in total. The summed E-state index contributed by atoms with van der Waals surface area (Å²) in [4.78, 5) is 22.2. The fourth-order valence-corrected chi connectivity index (χ4v) is 3.61. The zero-order chi connectivity index (χ0) is 15.8. The van der Waals surface area contributed by atoms with Gasteiger partial charge in [-0.3, -0.25) is 4.79 Å². The Morgan fingerprint density at radius 2 is 2.09 bits per heavy atom. The average Bonchev–Trinajstić information content (AvgIpc) is 3.13. The smallest absolute Gasteiger partial charge is 0.224 e. The number of anilines is 1. The van der Waals surface area contributed by atoms with Crippen molar-refractivity contribution in [3.8, 4) is 11.3 Å². The molecule has 1 saturated heterocycles. The maximum atomic E-state index is 11.7. The quantitative estimate of drug-likeness (QED) is 0.800. The van der Waals surface area contributed by atoms with E-state index in [4.69, 9.17) is 0 Å². The van der Waals surface area contributed by atoms with Gasteiger partial charge in [-0.05, 0) is 11.5 Å². The Morgan fingerprint density at radius 1 is 1.26 bits per heavy atom. The molecule has 1 aliphatic rings. The summed E-state index contributed by atoms with van der Waals surface area (Å²) in [7, 11) is 1.82. The molecule has 7 heteroatoms. The molecule has 0 bridgehead atoms. The second-order valence-corrected chi connectivity index (χ2v) is 6.39. The van der Waals surface area contributed by atoms with Crippen LogP contribution in [0.25, 0.3) is 21.5 Å². The Balaban J connectivity index is 1.70. The number of likely N-dealkylation sites (tertiary alicyclic amines) is 1. The molecule has 0 unspecified atom stereocenters. The van der Waals surface area contributed by atoms with Crippen molar-refractivity contribution in [3.63, 3.8) is 0 Å². The Hall–Kier alpha value is -2.54. The van der Waals surface area contributed by atoms with Gasteiger partial charge in [0.1, 0.15) is 28.1 Å². The number of fused-ring (bicyclic) bond motifs is 1. The Labute approximate surface area is 137 Å². The molecule has 4 rings (SSSR count). The zero-order valence-electron chi connectivity index (χ0n) is 12.6. The fraction of sp³-hybridized carbons (Fsp3) is 0.250. The van der Waals surface area contributed by atoms with Crippen LogP contribution in [0.15, 0.2) is 36.7 Å². The molecule has 0 aliphatic carbocycles. The molecule has 1 aromatic carbocycles. The first-order valence-corrected chi connectivity index (χ1v) is 8.16. The van der Waals surface area contributed by atoms with Crippen LogP contribution in [0, 0.1) is 0 Å². The van der Waals surface area contributed by atoms with Crippen LogP contribution >= 0.6 is 11.5 Å². The molecule has 2 aromatic heterocycles. The van der Waals surface area contributed by atoms with Crippen molar-refractivity contribution >= 4 is 33.5 Å². The molecule has 1 atom stereocenters. The summed E-state index contributed by atoms with van der Waals surface area (Å²) in [6.45, 7) is 0.689. The van der Waals surface area contributed by atoms with Crippen LogP contribution in [-0.2, 0) is 4.79 Å². The fourth-order valence-electron chi connectivity index (χ4n) is 2.81. The van der Waals surface area contributed by atoms with E-state index in [0.717, 1.165) is 27.3 Å². The first-order valence-electron chi connectivity index (χ1n) is 7.38. The highest BCUT2D eigenvalue weighted by atomic mass is 32.1. The monoisotopic (exact) mass is 325 g/mol. The van der Waals surface area contributed by atoms with Crippen LogP contribution in [0.4, 0.5) is 5.82 Å². The summed E-state index contributed by atoms with van der Waals surface area (Å²) in [6.07, 6.45) is 2.04. The van der Waals surface area contributed by atoms with Gasteiger partial charge < -0.3 is 10.2 Å². The van der Waals surface area contributed by atoms with Crippen LogP contribution in [0.2, 0.25) is 0 Å². The van der Waals surface area contributed by atoms with Gasteiger partial charge in [-0.25, -0.2) is 9.97 Å². The van der Waals surface area contributed by atoms with Crippen molar-refractivity contribution in [1.29, 1.82) is 0 Å². The number of carbonyl (C=O) groups is 1. The molecule has 3 heterocycles. The number of nitrogens with zero attached hydrogens (tertiary/aromatic N) is 4. The van der Waals surface area contributed by atoms with E-state index >= 15 is 0 Å². The number of nitrogens with one attached hydrogen (secondary N) is 1. The van der Waals surface area contributed by atoms with Crippen molar-refractivity contribution in [1.82, 2.24) is 19.2 Å². The van der Waals surface area contributed by atoms with Crippen LogP contribution in [-0.4, -0.2) is 44.8 Å². The van der Waals surface area contributed by atoms with Gasteiger partial charge in [0.15, 0.2) is 0 Å². The first kappa shape index (κ1) is 14.1. The van der Waals surface area contributed by atoms with Crippen LogP contribution in [0.1, 0.15) is 6.42 Å². The van der Waals surface area contributed by atoms with Crippen molar-refractivity contribution in [2.75, 3.05) is 18.9 Å². The van der Waals surface area contributed by atoms with Crippen molar-refractivity contribution in [2.24, 2.45) is 0 Å². The summed E-state index contributed by atoms with van der Waals surface area (Å²) < 4.78 is 5.48. The second kappa shape index (κ2) is 5.58. The summed E-state index contributed by atoms with van der Waals surface area (Å²) >= 11 is 1.38. The van der Waals surface area contributed by atoms with Gasteiger partial charge in [0, 0.05) is 25.6 Å². The van der Waals surface area contributed by atoms with Crippen molar-refractivity contribution in [2.45, 2.75) is 12.5 Å². The number of hydrogen-bond donors (Lipinski definition) is 1. The van der Waals surface area contributed by atoms with Crippen LogP contribution < -0.4 is 5.32 Å². The zero-order valence-corrected chi connectivity index (χ0v) is 13.4. The van der Waals surface area contributed by atoms with Gasteiger partial charge >= 0.3 is 0 Å². The standard InChI is InChI=1S/C16H15N5OS/c1-21-8-11(7-12(21)22)19-16-15-14(17-9-18-16)13(20-23-15)10-5-3-2-4-6-10/h2-6,9,11H,7-8H2,1H3,(H,17,18,19)/t11-/m0/s1. The van der Waals surface area contributed by atoms with Gasteiger partial charge in [0.2, 0.25) is 5.91 Å². The van der Waals surface area contributed by atoms with Gasteiger partial charge in [-0.1, -0.05) is 30.3 Å². The molecule has 1 amide bonds. The minimum atomic E-state index is 0.0767. The third-order valence-electron chi connectivity index (χ3n) is 3.99. The Bertz CT molecular complexity index is 863. The lowest BCUT2D eigenvalue weighted by atomic mass is 10.1. The van der Waals surface area contributed by atoms with E-state index in [-0.39, 0.29) is 11.9 Å². The lowest BCUT2D eigenvalue weighted by Gasteiger charge is -2.13. The molecule has 3 aromatic rings. The van der Waals surface area contributed by atoms with E-state index in [2.05, 4.69) is 19.7 Å². The normalized spacial score (nSPS) is 17.9. The molecule has 1 aliphatic heterocycles. The molecular formula is C16H15N5OS. The van der Waals surface area contributed by atoms with Gasteiger partial charge in [0.25, 0.3) is 0 Å². The van der Waals surface area contributed by atoms with Crippen LogP contribution in [0.3, 0.4) is 0 Å². The molecular weight excluding hydrogens is 310 g/mol. The molecule has 6 nitrogen and oxygen atoms in total. The average molecular weight is 325 g/mol. The molecule has 116 valence electrons. The third kappa shape index (κ3) is 2.53. The predicted molar refractivity (Wildman–Crippen MR) is 90.3 cm³/mol. The lowest BCUT2D eigenvalue weighted by Crippen LogP contribution is -2.24. The number of hydrogen-bond acceptors (Lipinski definition) is 6. The van der Waals surface area contributed by atoms with Gasteiger partial charge in [-0.2, -0.15) is 4.37 Å². The molecule has 0 spiro atoms. The van der Waals surface area contributed by atoms with Crippen molar-refractivity contribution < 1.29 is 4.79 Å². The molecule has 1 fully saturated rings. The lowest BCUT2D eigenvalue weighted by molar-refractivity contribution is -0.126. The third-order valence-corrected chi connectivity index (χ3v) is 4.83. The number of amides is 1. The predicted octanol–water partition coefficient (Wildman–Crippen LogP) is 2.40. The van der Waals surface area contributed by atoms with E-state index in [1.807, 2.05) is 37.4 Å². The van der Waals surface area contributed by atoms with Gasteiger partial charge in [0.05, 0.1) is 6.04 Å². The number of rotatable bonds is 3. The summed E-state index contributed by atoms with van der Waals surface area (Å²) in [5.74, 6) is 0.907. The number of likely N-dealkylation sites (N-methyl/N-ethyl adjacent to an activating group) is 1. The van der Waals surface area contributed by atoms with E-state index < -0.39 is 0 Å². The molecule has 0 saturated carbocycles. The summed E-state index contributed by atoms with van der Waals surface area (Å²) in [5.41, 5.74) is 2.76. The second-order valence-electron chi connectivity index (χ2n) is 5.62. The van der Waals surface area contributed by atoms with E-state index in [1.165, 1.54) is 11.5 Å². The first-order chi connectivity index (χ1) is 11.2. The SMILES string of the molecule is CN1C[C@@H](Nc2ncnc3c(-c4ccccc4)nsc23)CC1=O. The number of aromatic nitrogens is 3. The summed E-state index contributed by atoms with van der Waals surface area (Å²) in [6, 6.07) is 10.1. The highest BCUT2D eigenvalue weighted by molar-refractivity contribution is 7.14. The minimum absolute atomic E-state index is 0.0767. The number of benzene rings is 1. The number of carbonyl (C=O) groups excluding carboxylic acids is 1. The van der Waals surface area contributed by atoms with Gasteiger partial charge in [-0.15, -0.1) is 0 Å². The largest absolute Gasteiger partial charge is 0.364 e. The Kier molecular flexibility index (Phi) is 3.42. The Morgan fingerprint density at radius 3 is 2.83 bits per heavy atom. The van der Waals surface area contributed by atoms with E-state index in [1.54, 1.807) is 11.2 Å².